The number of aryl methyl sites for hydroxylation is 1. The topological polar surface area (TPSA) is 68.3 Å². The minimum atomic E-state index is 0.249. The van der Waals surface area contributed by atoms with Crippen LogP contribution in [0.15, 0.2) is 34.8 Å². The van der Waals surface area contributed by atoms with Gasteiger partial charge in [-0.05, 0) is 96.6 Å². The van der Waals surface area contributed by atoms with Gasteiger partial charge in [0.2, 0.25) is 0 Å². The van der Waals surface area contributed by atoms with Crippen LogP contribution in [0.25, 0.3) is 11.0 Å². The molecule has 3 aromatic rings. The van der Waals surface area contributed by atoms with E-state index in [0.29, 0.717) is 5.48 Å². The van der Waals surface area contributed by atoms with Gasteiger partial charge in [0, 0.05) is 34.9 Å². The zero-order valence-electron chi connectivity index (χ0n) is 24.4. The standard InChI is InChI=1S/C26H34Br2N5OP.2C2H6/c1-17(12-18-13-20(16-27)24(31-29)21(28)14-18)25-30-22-15-19(26(35)34-2)6-7-23(22)33(25)11-5-10-32-8-3-4-9-32;2*1-2/h6-7,13-15,17,31,35H,3-5,8-12,16,29H2,1-2H3;2*1-2H3/t17-;;/m1../s1. The van der Waals surface area contributed by atoms with Crippen LogP contribution >= 0.6 is 40.7 Å². The van der Waals surface area contributed by atoms with Crippen LogP contribution in [0, 0.1) is 0 Å². The van der Waals surface area contributed by atoms with E-state index in [4.69, 9.17) is 15.6 Å². The van der Waals surface area contributed by atoms with Gasteiger partial charge in [-0.2, -0.15) is 0 Å². The van der Waals surface area contributed by atoms with Gasteiger partial charge >= 0.3 is 0 Å². The number of nitrogen functional groups attached to an aromatic ring is 1. The highest BCUT2D eigenvalue weighted by atomic mass is 79.9. The first kappa shape index (κ1) is 33.9. The van der Waals surface area contributed by atoms with Crippen molar-refractivity contribution in [2.75, 3.05) is 32.2 Å². The van der Waals surface area contributed by atoms with Gasteiger partial charge in [0.15, 0.2) is 0 Å². The number of hydrogen-bond donors (Lipinski definition) is 2. The Hall–Kier alpha value is -1.28. The summed E-state index contributed by atoms with van der Waals surface area (Å²) in [7, 11) is 5.24. The van der Waals surface area contributed by atoms with Crippen molar-refractivity contribution in [2.24, 2.45) is 5.84 Å². The maximum absolute atomic E-state index is 5.74. The Kier molecular flexibility index (Phi) is 15.2. The molecule has 0 unspecified atom stereocenters. The number of halogens is 2. The summed E-state index contributed by atoms with van der Waals surface area (Å²) in [5.74, 6) is 7.11. The second-order valence-electron chi connectivity index (χ2n) is 9.26. The second kappa shape index (κ2) is 17.5. The fraction of sp³-hybridized carbons (Fsp3) is 0.533. The SMILES string of the molecule is CC.CC.COC(=P)c1ccc2c(c1)nc([C@H](C)Cc1cc(Br)c(NN)c(CBr)c1)n2CCCN1CCCC1. The van der Waals surface area contributed by atoms with Crippen molar-refractivity contribution in [3.05, 3.63) is 57.3 Å². The number of aromatic nitrogens is 2. The van der Waals surface area contributed by atoms with Crippen molar-refractivity contribution in [3.8, 4) is 0 Å². The van der Waals surface area contributed by atoms with Crippen molar-refractivity contribution >= 4 is 62.9 Å². The molecule has 1 aliphatic heterocycles. The Bertz CT molecular complexity index is 1190. The second-order valence-corrected chi connectivity index (χ2v) is 11.1. The normalized spacial score (nSPS) is 13.9. The van der Waals surface area contributed by atoms with Crippen molar-refractivity contribution in [1.29, 1.82) is 0 Å². The molecule has 39 heavy (non-hydrogen) atoms. The van der Waals surface area contributed by atoms with E-state index in [2.05, 4.69) is 92.9 Å². The maximum Gasteiger partial charge on any atom is 0.113 e. The van der Waals surface area contributed by atoms with Gasteiger partial charge in [0.25, 0.3) is 0 Å². The molecule has 0 amide bonds. The van der Waals surface area contributed by atoms with Crippen LogP contribution in [0.5, 0.6) is 0 Å². The summed E-state index contributed by atoms with van der Waals surface area (Å²) in [5.41, 5.74) is 10.00. The summed E-state index contributed by atoms with van der Waals surface area (Å²) >= 11 is 7.27. The molecule has 6 nitrogen and oxygen atoms in total. The summed E-state index contributed by atoms with van der Waals surface area (Å²) in [6.45, 7) is 14.8. The van der Waals surface area contributed by atoms with Crippen LogP contribution in [-0.2, 0) is 23.0 Å². The number of nitrogens with zero attached hydrogens (tertiary/aromatic N) is 3. The molecule has 4 rings (SSSR count). The first-order chi connectivity index (χ1) is 18.9. The molecule has 1 atom stereocenters. The van der Waals surface area contributed by atoms with Crippen molar-refractivity contribution in [2.45, 2.75) is 78.1 Å². The van der Waals surface area contributed by atoms with Crippen molar-refractivity contribution in [3.63, 3.8) is 0 Å². The highest BCUT2D eigenvalue weighted by Crippen LogP contribution is 2.32. The van der Waals surface area contributed by atoms with Gasteiger partial charge in [0.05, 0.1) is 16.7 Å². The smallest absolute Gasteiger partial charge is 0.113 e. The molecule has 2 aromatic carbocycles. The number of nitrogens with one attached hydrogen (secondary N) is 1. The average molecular weight is 684 g/mol. The van der Waals surface area contributed by atoms with Gasteiger partial charge in [-0.25, -0.2) is 4.98 Å². The number of hydrazine groups is 1. The fourth-order valence-corrected chi connectivity index (χ4v) is 6.29. The Morgan fingerprint density at radius 1 is 1.13 bits per heavy atom. The molecule has 0 radical (unpaired) electrons. The molecule has 216 valence electrons. The van der Waals surface area contributed by atoms with E-state index in [-0.39, 0.29) is 5.92 Å². The molecule has 1 fully saturated rings. The lowest BCUT2D eigenvalue weighted by Crippen LogP contribution is -2.22. The predicted molar refractivity (Wildman–Crippen MR) is 179 cm³/mol. The third-order valence-corrected chi connectivity index (χ3v) is 8.52. The van der Waals surface area contributed by atoms with E-state index in [0.717, 1.165) is 63.9 Å². The number of hydrogen-bond acceptors (Lipinski definition) is 5. The van der Waals surface area contributed by atoms with Gasteiger partial charge in [-0.3, -0.25) is 5.84 Å². The molecule has 0 spiro atoms. The van der Waals surface area contributed by atoms with E-state index < -0.39 is 0 Å². The van der Waals surface area contributed by atoms with Crippen LogP contribution in [-0.4, -0.2) is 46.7 Å². The number of nitrogens with two attached hydrogens (primary N) is 1. The molecule has 2 heterocycles. The number of imidazole rings is 1. The fourth-order valence-electron chi connectivity index (χ4n) is 5.03. The minimum Gasteiger partial charge on any atom is -0.345 e. The monoisotopic (exact) mass is 681 g/mol. The lowest BCUT2D eigenvalue weighted by Gasteiger charge is -2.19. The maximum atomic E-state index is 5.74. The zero-order chi connectivity index (χ0) is 28.9. The average Bonchev–Trinajstić information content (AvgIpc) is 3.62. The molecule has 1 aromatic heterocycles. The van der Waals surface area contributed by atoms with Gasteiger partial charge in [-0.15, -0.1) is 0 Å². The van der Waals surface area contributed by atoms with E-state index in [1.807, 2.05) is 27.7 Å². The molecule has 3 N–H and O–H groups in total. The van der Waals surface area contributed by atoms with Gasteiger partial charge in [-0.1, -0.05) is 65.5 Å². The van der Waals surface area contributed by atoms with Crippen LogP contribution in [0.2, 0.25) is 0 Å². The number of anilines is 1. The number of fused-ring (bicyclic) bond motifs is 1. The lowest BCUT2D eigenvalue weighted by molar-refractivity contribution is 0.325. The Balaban J connectivity index is 0.00000127. The number of rotatable bonds is 11. The zero-order valence-corrected chi connectivity index (χ0v) is 28.6. The quantitative estimate of drug-likeness (QED) is 0.0925. The molecule has 0 bridgehead atoms. The summed E-state index contributed by atoms with van der Waals surface area (Å²) in [5, 5.41) is 0.732. The number of alkyl halides is 1. The summed E-state index contributed by atoms with van der Waals surface area (Å²) in [4.78, 5) is 7.72. The van der Waals surface area contributed by atoms with Crippen molar-refractivity contribution < 1.29 is 4.74 Å². The molecule has 0 aliphatic carbocycles. The lowest BCUT2D eigenvalue weighted by atomic mass is 9.98. The highest BCUT2D eigenvalue weighted by Gasteiger charge is 2.20. The molecule has 0 saturated carbocycles. The van der Waals surface area contributed by atoms with E-state index in [9.17, 15) is 0 Å². The minimum absolute atomic E-state index is 0.249. The number of likely N-dealkylation sites (tertiary alicyclic amines) is 1. The Morgan fingerprint density at radius 2 is 1.82 bits per heavy atom. The molecule has 1 saturated heterocycles. The van der Waals surface area contributed by atoms with Crippen LogP contribution in [0.1, 0.15) is 82.3 Å². The first-order valence-electron chi connectivity index (χ1n) is 14.1. The third kappa shape index (κ3) is 8.85. The van der Waals surface area contributed by atoms with Crippen LogP contribution < -0.4 is 11.3 Å². The van der Waals surface area contributed by atoms with Crippen LogP contribution in [0.3, 0.4) is 0 Å². The Labute approximate surface area is 254 Å². The van der Waals surface area contributed by atoms with Crippen LogP contribution in [0.4, 0.5) is 5.69 Å². The number of methoxy groups -OCH3 is 1. The Morgan fingerprint density at radius 3 is 2.44 bits per heavy atom. The van der Waals surface area contributed by atoms with E-state index in [1.54, 1.807) is 7.11 Å². The first-order valence-corrected chi connectivity index (χ1v) is 16.6. The van der Waals surface area contributed by atoms with E-state index >= 15 is 0 Å². The van der Waals surface area contributed by atoms with Gasteiger partial charge in [0.1, 0.15) is 11.3 Å². The molecule has 9 heteroatoms. The van der Waals surface area contributed by atoms with Crippen molar-refractivity contribution in [1.82, 2.24) is 14.5 Å². The molecule has 1 aliphatic rings. The number of benzene rings is 2. The molecular weight excluding hydrogens is 637 g/mol. The largest absolute Gasteiger partial charge is 0.345 e. The summed E-state index contributed by atoms with van der Waals surface area (Å²) in [6.07, 6.45) is 4.66. The predicted octanol–water partition coefficient (Wildman–Crippen LogP) is 8.13. The van der Waals surface area contributed by atoms with Gasteiger partial charge < -0.3 is 19.6 Å². The van der Waals surface area contributed by atoms with E-state index in [1.165, 1.54) is 37.0 Å². The summed E-state index contributed by atoms with van der Waals surface area (Å²) in [6, 6.07) is 10.7. The highest BCUT2D eigenvalue weighted by molar-refractivity contribution is 9.10. The molecular formula is C30H46Br2N5OP. The third-order valence-electron chi connectivity index (χ3n) is 6.80. The summed E-state index contributed by atoms with van der Waals surface area (Å²) < 4.78 is 8.79. The number of ether oxygens (including phenoxy) is 1.